The number of hydrogen-bond acceptors (Lipinski definition) is 6. The molecule has 1 aliphatic rings. The zero-order valence-corrected chi connectivity index (χ0v) is 17.1. The van der Waals surface area contributed by atoms with E-state index in [1.54, 1.807) is 12.4 Å². The van der Waals surface area contributed by atoms with Crippen LogP contribution in [0, 0.1) is 6.92 Å². The van der Waals surface area contributed by atoms with E-state index in [0.717, 1.165) is 47.0 Å². The summed E-state index contributed by atoms with van der Waals surface area (Å²) < 4.78 is 1.85. The van der Waals surface area contributed by atoms with Crippen molar-refractivity contribution in [2.45, 2.75) is 32.6 Å². The molecule has 0 radical (unpaired) electrons. The van der Waals surface area contributed by atoms with E-state index in [0.29, 0.717) is 0 Å². The van der Waals surface area contributed by atoms with Crippen molar-refractivity contribution in [3.05, 3.63) is 30.2 Å². The molecule has 0 bridgehead atoms. The molecule has 0 unspecified atom stereocenters. The van der Waals surface area contributed by atoms with Crippen molar-refractivity contribution in [1.29, 1.82) is 0 Å². The lowest BCUT2D eigenvalue weighted by Crippen LogP contribution is -2.34. The van der Waals surface area contributed by atoms with E-state index in [9.17, 15) is 0 Å². The molecule has 0 atom stereocenters. The van der Waals surface area contributed by atoms with E-state index in [1.807, 2.05) is 30.8 Å². The van der Waals surface area contributed by atoms with Gasteiger partial charge in [0.25, 0.3) is 0 Å². The van der Waals surface area contributed by atoms with E-state index in [-0.39, 0.29) is 0 Å². The van der Waals surface area contributed by atoms with Gasteiger partial charge in [-0.2, -0.15) is 5.10 Å². The third kappa shape index (κ3) is 3.85. The van der Waals surface area contributed by atoms with Gasteiger partial charge in [0.05, 0.1) is 11.1 Å². The lowest BCUT2D eigenvalue weighted by Gasteiger charge is -2.25. The molecule has 1 aliphatic heterocycles. The van der Waals surface area contributed by atoms with E-state index in [2.05, 4.69) is 26.9 Å². The van der Waals surface area contributed by atoms with Crippen LogP contribution in [0.2, 0.25) is 0 Å². The molecule has 0 aliphatic carbocycles. The topological polar surface area (TPSA) is 63.0 Å². The van der Waals surface area contributed by atoms with Crippen LogP contribution in [-0.4, -0.2) is 62.9 Å². The Bertz CT molecular complexity index is 927. The lowest BCUT2D eigenvalue weighted by molar-refractivity contribution is 0.291. The van der Waals surface area contributed by atoms with Crippen LogP contribution in [0.25, 0.3) is 22.4 Å². The van der Waals surface area contributed by atoms with Crippen LogP contribution in [0.5, 0.6) is 0 Å². The van der Waals surface area contributed by atoms with E-state index < -0.39 is 0 Å². The van der Waals surface area contributed by atoms with Gasteiger partial charge < -0.3 is 9.80 Å². The molecular formula is C21H29N7. The molecule has 28 heavy (non-hydrogen) atoms. The third-order valence-electron chi connectivity index (χ3n) is 5.59. The van der Waals surface area contributed by atoms with Crippen LogP contribution in [-0.2, 0) is 7.05 Å². The second-order valence-corrected chi connectivity index (χ2v) is 7.69. The smallest absolute Gasteiger partial charge is 0.164 e. The zero-order chi connectivity index (χ0) is 19.5. The molecule has 0 saturated carbocycles. The standard InChI is InChI=1S/C21H29N7/c1-16-18-20(26(2)14-15-28-12-6-4-5-7-13-28)23-19(17-8-10-22-11-9-17)24-21(18)27(3)25-16/h8-11H,4-7,12-15H2,1-3H3. The van der Waals surface area contributed by atoms with Crippen molar-refractivity contribution in [3.63, 3.8) is 0 Å². The number of pyridine rings is 1. The molecule has 3 aromatic rings. The van der Waals surface area contributed by atoms with Crippen molar-refractivity contribution < 1.29 is 0 Å². The second kappa shape index (κ2) is 8.22. The lowest BCUT2D eigenvalue weighted by atomic mass is 10.2. The predicted molar refractivity (Wildman–Crippen MR) is 112 cm³/mol. The van der Waals surface area contributed by atoms with Gasteiger partial charge in [0, 0.05) is 45.1 Å². The van der Waals surface area contributed by atoms with Crippen LogP contribution >= 0.6 is 0 Å². The average molecular weight is 380 g/mol. The van der Waals surface area contributed by atoms with Crippen LogP contribution in [0.15, 0.2) is 24.5 Å². The molecule has 4 heterocycles. The van der Waals surface area contributed by atoms with Crippen molar-refractivity contribution >= 4 is 16.9 Å². The molecule has 7 nitrogen and oxygen atoms in total. The van der Waals surface area contributed by atoms with Crippen molar-refractivity contribution in [2.75, 3.05) is 38.1 Å². The highest BCUT2D eigenvalue weighted by Gasteiger charge is 2.19. The zero-order valence-electron chi connectivity index (χ0n) is 17.1. The first-order valence-corrected chi connectivity index (χ1v) is 10.2. The summed E-state index contributed by atoms with van der Waals surface area (Å²) in [4.78, 5) is 18.7. The van der Waals surface area contributed by atoms with E-state index in [1.165, 1.54) is 38.8 Å². The molecule has 0 N–H and O–H groups in total. The molecule has 1 fully saturated rings. The number of nitrogens with zero attached hydrogens (tertiary/aromatic N) is 7. The maximum absolute atomic E-state index is 4.94. The van der Waals surface area contributed by atoms with Gasteiger partial charge in [0.1, 0.15) is 5.82 Å². The molecule has 0 amide bonds. The van der Waals surface area contributed by atoms with Gasteiger partial charge in [-0.05, 0) is 45.0 Å². The summed E-state index contributed by atoms with van der Waals surface area (Å²) in [5.41, 5.74) is 2.81. The number of rotatable bonds is 5. The minimum Gasteiger partial charge on any atom is -0.358 e. The monoisotopic (exact) mass is 379 g/mol. The largest absolute Gasteiger partial charge is 0.358 e. The Balaban J connectivity index is 1.66. The molecule has 0 aromatic carbocycles. The predicted octanol–water partition coefficient (Wildman–Crippen LogP) is 3.05. The minimum atomic E-state index is 0.717. The highest BCUT2D eigenvalue weighted by atomic mass is 15.3. The minimum absolute atomic E-state index is 0.717. The molecule has 1 saturated heterocycles. The van der Waals surface area contributed by atoms with Crippen LogP contribution in [0.1, 0.15) is 31.4 Å². The fourth-order valence-electron chi connectivity index (χ4n) is 3.98. The Hall–Kier alpha value is -2.54. The summed E-state index contributed by atoms with van der Waals surface area (Å²) >= 11 is 0. The summed E-state index contributed by atoms with van der Waals surface area (Å²) in [6.45, 7) is 6.45. The summed E-state index contributed by atoms with van der Waals surface area (Å²) in [7, 11) is 4.07. The third-order valence-corrected chi connectivity index (χ3v) is 5.59. The van der Waals surface area contributed by atoms with Crippen LogP contribution in [0.3, 0.4) is 0 Å². The highest BCUT2D eigenvalue weighted by molar-refractivity contribution is 5.91. The Morgan fingerprint density at radius 3 is 2.46 bits per heavy atom. The van der Waals surface area contributed by atoms with E-state index >= 15 is 0 Å². The normalized spacial score (nSPS) is 15.7. The van der Waals surface area contributed by atoms with Gasteiger partial charge in [-0.25, -0.2) is 9.97 Å². The summed E-state index contributed by atoms with van der Waals surface area (Å²) in [6.07, 6.45) is 8.91. The van der Waals surface area contributed by atoms with Crippen LogP contribution in [0.4, 0.5) is 5.82 Å². The molecule has 3 aromatic heterocycles. The molecule has 7 heteroatoms. The molecule has 0 spiro atoms. The fraction of sp³-hybridized carbons (Fsp3) is 0.524. The molecule has 4 rings (SSSR count). The summed E-state index contributed by atoms with van der Waals surface area (Å²) in [5, 5.41) is 5.64. The first kappa shape index (κ1) is 18.8. The Morgan fingerprint density at radius 2 is 1.75 bits per heavy atom. The molecule has 148 valence electrons. The number of hydrogen-bond donors (Lipinski definition) is 0. The number of likely N-dealkylation sites (tertiary alicyclic amines) is 1. The van der Waals surface area contributed by atoms with Gasteiger partial charge in [-0.1, -0.05) is 12.8 Å². The van der Waals surface area contributed by atoms with E-state index in [4.69, 9.17) is 9.97 Å². The van der Waals surface area contributed by atoms with Crippen molar-refractivity contribution in [2.24, 2.45) is 7.05 Å². The van der Waals surface area contributed by atoms with Crippen molar-refractivity contribution in [3.8, 4) is 11.4 Å². The number of anilines is 1. The number of aryl methyl sites for hydroxylation is 2. The summed E-state index contributed by atoms with van der Waals surface area (Å²) in [5.74, 6) is 1.67. The number of aromatic nitrogens is 5. The Kier molecular flexibility index (Phi) is 5.52. The maximum atomic E-state index is 4.94. The van der Waals surface area contributed by atoms with Gasteiger partial charge in [0.15, 0.2) is 11.5 Å². The Labute approximate surface area is 166 Å². The summed E-state index contributed by atoms with van der Waals surface area (Å²) in [6, 6.07) is 3.90. The number of fused-ring (bicyclic) bond motifs is 1. The molecular weight excluding hydrogens is 350 g/mol. The second-order valence-electron chi connectivity index (χ2n) is 7.69. The highest BCUT2D eigenvalue weighted by Crippen LogP contribution is 2.29. The average Bonchev–Trinajstić information content (AvgIpc) is 2.90. The first-order valence-electron chi connectivity index (χ1n) is 10.2. The van der Waals surface area contributed by atoms with Gasteiger partial charge in [-0.3, -0.25) is 9.67 Å². The fourth-order valence-corrected chi connectivity index (χ4v) is 3.98. The maximum Gasteiger partial charge on any atom is 0.164 e. The van der Waals surface area contributed by atoms with Crippen LogP contribution < -0.4 is 4.90 Å². The SMILES string of the molecule is Cc1nn(C)c2nc(-c3ccncc3)nc(N(C)CCN3CCCCCC3)c12. The van der Waals surface area contributed by atoms with Crippen molar-refractivity contribution in [1.82, 2.24) is 29.6 Å². The van der Waals surface area contributed by atoms with Gasteiger partial charge >= 0.3 is 0 Å². The Morgan fingerprint density at radius 1 is 1.04 bits per heavy atom. The first-order chi connectivity index (χ1) is 13.6. The number of likely N-dealkylation sites (N-methyl/N-ethyl adjacent to an activating group) is 1. The quantitative estimate of drug-likeness (QED) is 0.679. The van der Waals surface area contributed by atoms with Gasteiger partial charge in [0.2, 0.25) is 0 Å². The van der Waals surface area contributed by atoms with Gasteiger partial charge in [-0.15, -0.1) is 0 Å².